The summed E-state index contributed by atoms with van der Waals surface area (Å²) < 4.78 is 16.8. The summed E-state index contributed by atoms with van der Waals surface area (Å²) in [4.78, 5) is 16.7. The van der Waals surface area contributed by atoms with Gasteiger partial charge in [-0.1, -0.05) is 12.8 Å². The highest BCUT2D eigenvalue weighted by Crippen LogP contribution is 2.36. The summed E-state index contributed by atoms with van der Waals surface area (Å²) in [6.07, 6.45) is 6.33. The van der Waals surface area contributed by atoms with E-state index in [-0.39, 0.29) is 6.03 Å². The molecule has 2 amide bonds. The fourth-order valence-corrected chi connectivity index (χ4v) is 3.75. The van der Waals surface area contributed by atoms with Crippen molar-refractivity contribution in [3.8, 4) is 23.0 Å². The summed E-state index contributed by atoms with van der Waals surface area (Å²) in [5, 5.41) is 5.66. The van der Waals surface area contributed by atoms with Gasteiger partial charge < -0.3 is 19.5 Å². The quantitative estimate of drug-likeness (QED) is 0.568. The highest BCUT2D eigenvalue weighted by Gasteiger charge is 2.13. The largest absolute Gasteiger partial charge is 0.493 e. The first-order valence-electron chi connectivity index (χ1n) is 10.8. The maximum atomic E-state index is 12.3. The van der Waals surface area contributed by atoms with Crippen molar-refractivity contribution in [3.05, 3.63) is 48.7 Å². The molecule has 8 heteroatoms. The number of anilines is 1. The minimum atomic E-state index is -0.235. The third kappa shape index (κ3) is 5.20. The van der Waals surface area contributed by atoms with E-state index in [1.807, 2.05) is 41.4 Å². The minimum Gasteiger partial charge on any atom is -0.493 e. The molecule has 4 rings (SSSR count). The van der Waals surface area contributed by atoms with Crippen LogP contribution in [0.3, 0.4) is 0 Å². The lowest BCUT2D eigenvalue weighted by atomic mass is 10.2. The third-order valence-electron chi connectivity index (χ3n) is 5.41. The lowest BCUT2D eigenvalue weighted by Crippen LogP contribution is -2.44. The number of nitrogens with one attached hydrogen (secondary N) is 2. The van der Waals surface area contributed by atoms with Crippen LogP contribution in [0.15, 0.2) is 48.7 Å². The minimum absolute atomic E-state index is 0.235. The van der Waals surface area contributed by atoms with Crippen molar-refractivity contribution in [2.24, 2.45) is 0 Å². The molecule has 0 unspecified atom stereocenters. The topological polar surface area (TPSA) is 85.0 Å². The van der Waals surface area contributed by atoms with E-state index < -0.39 is 0 Å². The van der Waals surface area contributed by atoms with E-state index in [1.165, 1.54) is 12.8 Å². The molecule has 0 aliphatic carbocycles. The molecule has 0 bridgehead atoms. The second-order valence-corrected chi connectivity index (χ2v) is 7.63. The molecule has 2 heterocycles. The van der Waals surface area contributed by atoms with Crippen LogP contribution in [0.2, 0.25) is 0 Å². The number of hydrazine groups is 1. The predicted molar refractivity (Wildman–Crippen MR) is 124 cm³/mol. The van der Waals surface area contributed by atoms with Crippen LogP contribution in [0.25, 0.3) is 10.9 Å². The van der Waals surface area contributed by atoms with Gasteiger partial charge in [0.05, 0.1) is 19.7 Å². The fourth-order valence-electron chi connectivity index (χ4n) is 3.75. The van der Waals surface area contributed by atoms with Crippen LogP contribution in [0.4, 0.5) is 10.5 Å². The monoisotopic (exact) mass is 436 g/mol. The summed E-state index contributed by atoms with van der Waals surface area (Å²) in [5.74, 6) is 2.51. The average Bonchev–Trinajstić information content (AvgIpc) is 3.08. The van der Waals surface area contributed by atoms with Gasteiger partial charge in [0.2, 0.25) is 0 Å². The Kier molecular flexibility index (Phi) is 6.91. The van der Waals surface area contributed by atoms with Crippen LogP contribution < -0.4 is 25.0 Å². The Bertz CT molecular complexity index is 1060. The first-order valence-corrected chi connectivity index (χ1v) is 10.8. The van der Waals surface area contributed by atoms with Gasteiger partial charge in [0, 0.05) is 36.4 Å². The Balaban J connectivity index is 1.43. The Morgan fingerprint density at radius 2 is 1.59 bits per heavy atom. The number of nitrogens with zero attached hydrogens (tertiary/aromatic N) is 2. The van der Waals surface area contributed by atoms with Crippen LogP contribution in [0.5, 0.6) is 23.0 Å². The van der Waals surface area contributed by atoms with Crippen LogP contribution in [0, 0.1) is 0 Å². The second kappa shape index (κ2) is 10.2. The van der Waals surface area contributed by atoms with E-state index in [9.17, 15) is 4.79 Å². The zero-order chi connectivity index (χ0) is 22.3. The van der Waals surface area contributed by atoms with E-state index in [1.54, 1.807) is 26.5 Å². The molecule has 2 N–H and O–H groups in total. The number of aromatic nitrogens is 1. The molecule has 0 saturated carbocycles. The first-order chi connectivity index (χ1) is 15.7. The number of benzene rings is 2. The predicted octanol–water partition coefficient (Wildman–Crippen LogP) is 4.96. The number of fused-ring (bicyclic) bond motifs is 1. The van der Waals surface area contributed by atoms with E-state index in [4.69, 9.17) is 14.2 Å². The molecule has 2 aromatic carbocycles. The summed E-state index contributed by atoms with van der Waals surface area (Å²) >= 11 is 0. The Hall–Kier alpha value is -3.52. The molecule has 1 fully saturated rings. The van der Waals surface area contributed by atoms with Gasteiger partial charge in [0.25, 0.3) is 0 Å². The van der Waals surface area contributed by atoms with Crippen molar-refractivity contribution < 1.29 is 19.0 Å². The van der Waals surface area contributed by atoms with E-state index in [2.05, 4.69) is 15.7 Å². The summed E-state index contributed by atoms with van der Waals surface area (Å²) in [5.41, 5.74) is 4.35. The van der Waals surface area contributed by atoms with Gasteiger partial charge in [-0.25, -0.2) is 9.80 Å². The van der Waals surface area contributed by atoms with Gasteiger partial charge in [0.1, 0.15) is 11.5 Å². The number of hydrogen-bond acceptors (Lipinski definition) is 6. The molecule has 0 atom stereocenters. The molecule has 0 radical (unpaired) electrons. The summed E-state index contributed by atoms with van der Waals surface area (Å²) in [6.45, 7) is 1.77. The lowest BCUT2D eigenvalue weighted by molar-refractivity contribution is 0.190. The van der Waals surface area contributed by atoms with Gasteiger partial charge in [-0.3, -0.25) is 10.4 Å². The molecule has 1 saturated heterocycles. The average molecular weight is 437 g/mol. The molecular formula is C24H28N4O4. The van der Waals surface area contributed by atoms with Crippen molar-refractivity contribution in [1.29, 1.82) is 0 Å². The molecule has 3 aromatic rings. The smallest absolute Gasteiger partial charge is 0.333 e. The van der Waals surface area contributed by atoms with Gasteiger partial charge in [-0.05, 0) is 49.2 Å². The van der Waals surface area contributed by atoms with E-state index >= 15 is 0 Å². The zero-order valence-corrected chi connectivity index (χ0v) is 18.4. The van der Waals surface area contributed by atoms with Crippen molar-refractivity contribution in [2.75, 3.05) is 32.6 Å². The Morgan fingerprint density at radius 1 is 0.906 bits per heavy atom. The summed E-state index contributed by atoms with van der Waals surface area (Å²) in [7, 11) is 3.18. The van der Waals surface area contributed by atoms with Crippen LogP contribution in [-0.4, -0.2) is 43.3 Å². The number of urea groups is 1. The number of ether oxygens (including phenoxy) is 3. The van der Waals surface area contributed by atoms with Gasteiger partial charge >= 0.3 is 6.03 Å². The van der Waals surface area contributed by atoms with Gasteiger partial charge in [0.15, 0.2) is 11.5 Å². The van der Waals surface area contributed by atoms with Crippen LogP contribution in [0.1, 0.15) is 25.7 Å². The number of hydrogen-bond donors (Lipinski definition) is 2. The number of methoxy groups -OCH3 is 2. The molecule has 8 nitrogen and oxygen atoms in total. The molecular weight excluding hydrogens is 408 g/mol. The third-order valence-corrected chi connectivity index (χ3v) is 5.41. The molecule has 1 aliphatic heterocycles. The van der Waals surface area contributed by atoms with Crippen LogP contribution in [-0.2, 0) is 0 Å². The SMILES string of the molecule is COc1cc2nccc(Oc3ccc(NC(=O)NN4CCCCCC4)cc3)c2cc1OC. The van der Waals surface area contributed by atoms with Gasteiger partial charge in [-0.15, -0.1) is 0 Å². The number of carbonyl (C=O) groups is 1. The lowest BCUT2D eigenvalue weighted by Gasteiger charge is -2.21. The van der Waals surface area contributed by atoms with E-state index in [0.717, 1.165) is 36.8 Å². The van der Waals surface area contributed by atoms with Crippen molar-refractivity contribution in [2.45, 2.75) is 25.7 Å². The zero-order valence-electron chi connectivity index (χ0n) is 18.4. The second-order valence-electron chi connectivity index (χ2n) is 7.63. The van der Waals surface area contributed by atoms with Crippen LogP contribution >= 0.6 is 0 Å². The normalized spacial score (nSPS) is 14.4. The summed E-state index contributed by atoms with van der Waals surface area (Å²) in [6, 6.07) is 12.5. The maximum absolute atomic E-state index is 12.3. The fraction of sp³-hybridized carbons (Fsp3) is 0.333. The molecule has 1 aromatic heterocycles. The number of amides is 2. The number of rotatable bonds is 6. The van der Waals surface area contributed by atoms with Crippen molar-refractivity contribution in [3.63, 3.8) is 0 Å². The number of carbonyl (C=O) groups excluding carboxylic acids is 1. The highest BCUT2D eigenvalue weighted by molar-refractivity contribution is 5.89. The van der Waals surface area contributed by atoms with Crippen molar-refractivity contribution >= 4 is 22.6 Å². The van der Waals surface area contributed by atoms with E-state index in [0.29, 0.717) is 28.7 Å². The molecule has 1 aliphatic rings. The maximum Gasteiger partial charge on any atom is 0.333 e. The molecule has 0 spiro atoms. The van der Waals surface area contributed by atoms with Crippen molar-refractivity contribution in [1.82, 2.24) is 15.4 Å². The van der Waals surface area contributed by atoms with Gasteiger partial charge in [-0.2, -0.15) is 0 Å². The highest BCUT2D eigenvalue weighted by atomic mass is 16.5. The Labute approximate surface area is 187 Å². The first kappa shape index (κ1) is 21.7. The molecule has 168 valence electrons. The standard InChI is InChI=1S/C24H28N4O4/c1-30-22-15-19-20(16-23(22)31-2)25-12-11-21(19)32-18-9-7-17(8-10-18)26-24(29)27-28-13-5-3-4-6-14-28/h7-12,15-16H,3-6,13-14H2,1-2H3,(H2,26,27,29). The number of pyridine rings is 1. The molecule has 32 heavy (non-hydrogen) atoms. The Morgan fingerprint density at radius 3 is 2.28 bits per heavy atom.